The number of hydrogen-bond donors (Lipinski definition) is 2. The molecule has 1 fully saturated rings. The van der Waals surface area contributed by atoms with E-state index in [2.05, 4.69) is 22.4 Å². The van der Waals surface area contributed by atoms with Crippen LogP contribution in [0, 0.1) is 0 Å². The third-order valence-corrected chi connectivity index (χ3v) is 2.86. The molecule has 0 amide bonds. The third-order valence-electron chi connectivity index (χ3n) is 2.86. The number of aromatic nitrogens is 2. The van der Waals surface area contributed by atoms with Crippen LogP contribution in [0.1, 0.15) is 5.69 Å². The van der Waals surface area contributed by atoms with Gasteiger partial charge in [-0.2, -0.15) is 0 Å². The van der Waals surface area contributed by atoms with Crippen molar-refractivity contribution < 1.29 is 0 Å². The predicted octanol–water partition coefficient (Wildman–Crippen LogP) is -0.840. The maximum atomic E-state index is 11.2. The lowest BCUT2D eigenvalue weighted by Crippen LogP contribution is -2.49. The second kappa shape index (κ2) is 4.20. The number of aryl methyl sites for hydroxylation is 1. The molecule has 84 valence electrons. The van der Waals surface area contributed by atoms with Crippen LogP contribution in [0.2, 0.25) is 0 Å². The first-order valence-electron chi connectivity index (χ1n) is 5.32. The van der Waals surface area contributed by atoms with Gasteiger partial charge < -0.3 is 10.2 Å². The topological polar surface area (TPSA) is 53.1 Å². The molecule has 0 aliphatic carbocycles. The molecule has 0 radical (unpaired) electrons. The fourth-order valence-electron chi connectivity index (χ4n) is 2.05. The van der Waals surface area contributed by atoms with E-state index in [-0.39, 0.29) is 5.56 Å². The van der Waals surface area contributed by atoms with Gasteiger partial charge in [0.15, 0.2) is 0 Å². The van der Waals surface area contributed by atoms with Crippen LogP contribution in [0.3, 0.4) is 0 Å². The van der Waals surface area contributed by atoms with Crippen molar-refractivity contribution in [1.29, 1.82) is 0 Å². The second-order valence-electron chi connectivity index (χ2n) is 4.30. The van der Waals surface area contributed by atoms with Gasteiger partial charge in [0.2, 0.25) is 0 Å². The van der Waals surface area contributed by atoms with E-state index in [1.807, 2.05) is 0 Å². The number of nitrogens with zero attached hydrogens (tertiary/aromatic N) is 2. The van der Waals surface area contributed by atoms with Gasteiger partial charge in [0, 0.05) is 50.9 Å². The summed E-state index contributed by atoms with van der Waals surface area (Å²) in [4.78, 5) is 13.6. The zero-order chi connectivity index (χ0) is 10.8. The second-order valence-corrected chi connectivity index (χ2v) is 4.30. The number of H-pyrrole nitrogens is 1. The zero-order valence-corrected chi connectivity index (χ0v) is 9.29. The van der Waals surface area contributed by atoms with Crippen molar-refractivity contribution in [3.05, 3.63) is 22.1 Å². The van der Waals surface area contributed by atoms with Crippen molar-refractivity contribution in [3.63, 3.8) is 0 Å². The molecule has 1 aromatic rings. The summed E-state index contributed by atoms with van der Waals surface area (Å²) in [5.74, 6) is 0. The molecule has 0 spiro atoms. The van der Waals surface area contributed by atoms with Crippen molar-refractivity contribution in [1.82, 2.24) is 20.0 Å². The standard InChI is InChI=1S/C10H18N4O/c1-13-4-3-11-9(7-13)5-8-6-10(15)14(2)12-8/h6,9,11-12H,3-5,7H2,1-2H3. The molecule has 1 saturated heterocycles. The number of rotatable bonds is 2. The van der Waals surface area contributed by atoms with E-state index in [4.69, 9.17) is 0 Å². The van der Waals surface area contributed by atoms with Crippen molar-refractivity contribution in [2.24, 2.45) is 7.05 Å². The van der Waals surface area contributed by atoms with Crippen LogP contribution in [-0.2, 0) is 13.5 Å². The highest BCUT2D eigenvalue weighted by atomic mass is 16.1. The van der Waals surface area contributed by atoms with Crippen LogP contribution in [0.15, 0.2) is 10.9 Å². The van der Waals surface area contributed by atoms with E-state index in [1.165, 1.54) is 4.68 Å². The van der Waals surface area contributed by atoms with E-state index in [1.54, 1.807) is 13.1 Å². The lowest BCUT2D eigenvalue weighted by molar-refractivity contribution is 0.237. The van der Waals surface area contributed by atoms with Gasteiger partial charge in [0.25, 0.3) is 5.56 Å². The summed E-state index contributed by atoms with van der Waals surface area (Å²) in [5.41, 5.74) is 1.05. The molecule has 1 aromatic heterocycles. The largest absolute Gasteiger partial charge is 0.311 e. The highest BCUT2D eigenvalue weighted by Gasteiger charge is 2.17. The molecule has 15 heavy (non-hydrogen) atoms. The number of hydrogen-bond acceptors (Lipinski definition) is 3. The van der Waals surface area contributed by atoms with Gasteiger partial charge in [0.05, 0.1) is 0 Å². The summed E-state index contributed by atoms with van der Waals surface area (Å²) >= 11 is 0. The first kappa shape index (κ1) is 10.4. The van der Waals surface area contributed by atoms with Gasteiger partial charge in [0.1, 0.15) is 0 Å². The molecule has 5 heteroatoms. The Morgan fingerprint density at radius 3 is 2.93 bits per heavy atom. The average molecular weight is 210 g/mol. The van der Waals surface area contributed by atoms with Crippen LogP contribution in [0.25, 0.3) is 0 Å². The number of piperazine rings is 1. The number of nitrogens with one attached hydrogen (secondary N) is 2. The highest BCUT2D eigenvalue weighted by molar-refractivity contribution is 5.02. The first-order valence-corrected chi connectivity index (χ1v) is 5.32. The van der Waals surface area contributed by atoms with Crippen molar-refractivity contribution in [3.8, 4) is 0 Å². The third kappa shape index (κ3) is 2.49. The van der Waals surface area contributed by atoms with E-state index in [9.17, 15) is 4.79 Å². The summed E-state index contributed by atoms with van der Waals surface area (Å²) in [5, 5.41) is 6.51. The van der Waals surface area contributed by atoms with E-state index >= 15 is 0 Å². The van der Waals surface area contributed by atoms with Crippen LogP contribution in [0.4, 0.5) is 0 Å². The predicted molar refractivity (Wildman–Crippen MR) is 59.0 cm³/mol. The Labute approximate surface area is 89.1 Å². The number of aromatic amines is 1. The maximum absolute atomic E-state index is 11.2. The van der Waals surface area contributed by atoms with Gasteiger partial charge >= 0.3 is 0 Å². The quantitative estimate of drug-likeness (QED) is 0.669. The Hall–Kier alpha value is -1.07. The van der Waals surface area contributed by atoms with Crippen LogP contribution in [0.5, 0.6) is 0 Å². The van der Waals surface area contributed by atoms with Crippen LogP contribution >= 0.6 is 0 Å². The minimum absolute atomic E-state index is 0.0363. The fraction of sp³-hybridized carbons (Fsp3) is 0.700. The van der Waals surface area contributed by atoms with Crippen LogP contribution in [-0.4, -0.2) is 47.4 Å². The van der Waals surface area contributed by atoms with Gasteiger partial charge in [-0.3, -0.25) is 14.6 Å². The molecule has 0 saturated carbocycles. The minimum Gasteiger partial charge on any atom is -0.311 e. The summed E-state index contributed by atoms with van der Waals surface area (Å²) in [6.45, 7) is 3.16. The van der Waals surface area contributed by atoms with Crippen molar-refractivity contribution in [2.75, 3.05) is 26.7 Å². The van der Waals surface area contributed by atoms with Gasteiger partial charge in [-0.15, -0.1) is 0 Å². The van der Waals surface area contributed by atoms with Gasteiger partial charge in [-0.25, -0.2) is 0 Å². The number of likely N-dealkylation sites (N-methyl/N-ethyl adjacent to an activating group) is 1. The molecule has 5 nitrogen and oxygen atoms in total. The highest BCUT2D eigenvalue weighted by Crippen LogP contribution is 2.02. The average Bonchev–Trinajstić information content (AvgIpc) is 2.45. The zero-order valence-electron chi connectivity index (χ0n) is 9.29. The molecule has 2 rings (SSSR count). The van der Waals surface area contributed by atoms with Crippen molar-refractivity contribution in [2.45, 2.75) is 12.5 Å². The summed E-state index contributed by atoms with van der Waals surface area (Å²) in [7, 11) is 3.87. The van der Waals surface area contributed by atoms with Gasteiger partial charge in [-0.05, 0) is 7.05 Å². The summed E-state index contributed by atoms with van der Waals surface area (Å²) in [6, 6.07) is 2.12. The lowest BCUT2D eigenvalue weighted by Gasteiger charge is -2.30. The Kier molecular flexibility index (Phi) is 2.93. The molecule has 1 aliphatic heterocycles. The van der Waals surface area contributed by atoms with Crippen molar-refractivity contribution >= 4 is 0 Å². The summed E-state index contributed by atoms with van der Waals surface area (Å²) < 4.78 is 1.52. The molecule has 2 N–H and O–H groups in total. The lowest BCUT2D eigenvalue weighted by atomic mass is 10.1. The Balaban J connectivity index is 1.99. The Bertz CT molecular complexity index is 381. The fourth-order valence-corrected chi connectivity index (χ4v) is 2.05. The molecule has 1 atom stereocenters. The van der Waals surface area contributed by atoms with E-state index in [0.29, 0.717) is 6.04 Å². The Morgan fingerprint density at radius 1 is 1.53 bits per heavy atom. The minimum atomic E-state index is 0.0363. The van der Waals surface area contributed by atoms with Gasteiger partial charge in [-0.1, -0.05) is 0 Å². The maximum Gasteiger partial charge on any atom is 0.266 e. The molecular weight excluding hydrogens is 192 g/mol. The summed E-state index contributed by atoms with van der Waals surface area (Å²) in [6.07, 6.45) is 0.889. The molecule has 0 aromatic carbocycles. The molecule has 2 heterocycles. The molecule has 0 bridgehead atoms. The SMILES string of the molecule is CN1CCNC(Cc2cc(=O)n(C)[nH]2)C1. The normalized spacial score (nSPS) is 23.2. The smallest absolute Gasteiger partial charge is 0.266 e. The Morgan fingerprint density at radius 2 is 2.33 bits per heavy atom. The van der Waals surface area contributed by atoms with Crippen LogP contribution < -0.4 is 10.9 Å². The molecule has 1 unspecified atom stereocenters. The molecular formula is C10H18N4O. The molecule has 1 aliphatic rings. The monoisotopic (exact) mass is 210 g/mol. The van der Waals surface area contributed by atoms with E-state index in [0.717, 1.165) is 31.7 Å². The van der Waals surface area contributed by atoms with E-state index < -0.39 is 0 Å². The first-order chi connectivity index (χ1) is 7.15.